The van der Waals surface area contributed by atoms with Gasteiger partial charge in [0.1, 0.15) is 0 Å². The van der Waals surface area contributed by atoms with Crippen molar-refractivity contribution in [2.45, 2.75) is 66.7 Å². The fourth-order valence-electron chi connectivity index (χ4n) is 3.18. The van der Waals surface area contributed by atoms with Crippen LogP contribution in [0.3, 0.4) is 0 Å². The van der Waals surface area contributed by atoms with Crippen molar-refractivity contribution in [3.63, 3.8) is 0 Å². The zero-order chi connectivity index (χ0) is 16.8. The van der Waals surface area contributed by atoms with Gasteiger partial charge in [0.05, 0.1) is 0 Å². The molecular formula is C23H32. The summed E-state index contributed by atoms with van der Waals surface area (Å²) in [6, 6.07) is 13.9. The molecule has 0 amide bonds. The van der Waals surface area contributed by atoms with Crippen LogP contribution >= 0.6 is 0 Å². The number of hydrogen-bond donors (Lipinski definition) is 0. The minimum atomic E-state index is 1.03. The van der Waals surface area contributed by atoms with E-state index in [1.54, 1.807) is 5.56 Å². The Morgan fingerprint density at radius 2 is 1.48 bits per heavy atom. The van der Waals surface area contributed by atoms with Gasteiger partial charge < -0.3 is 0 Å². The Morgan fingerprint density at radius 1 is 0.826 bits per heavy atom. The summed E-state index contributed by atoms with van der Waals surface area (Å²) in [7, 11) is 0. The molecule has 23 heavy (non-hydrogen) atoms. The molecule has 0 N–H and O–H groups in total. The quantitative estimate of drug-likeness (QED) is 0.586. The SMILES string of the molecule is CC.Cc1ccc(Cc2ccc(CCC3CC3)c(C)c2)c(C)c1. The number of hydrogen-bond acceptors (Lipinski definition) is 0. The first-order valence-electron chi connectivity index (χ1n) is 9.26. The number of rotatable bonds is 5. The molecule has 0 aromatic heterocycles. The lowest BCUT2D eigenvalue weighted by atomic mass is 9.95. The molecule has 0 heterocycles. The summed E-state index contributed by atoms with van der Waals surface area (Å²) < 4.78 is 0. The average molecular weight is 309 g/mol. The second-order valence-corrected chi connectivity index (χ2v) is 6.85. The smallest absolute Gasteiger partial charge is 0.00230 e. The van der Waals surface area contributed by atoms with E-state index in [-0.39, 0.29) is 0 Å². The second kappa shape index (κ2) is 8.34. The highest BCUT2D eigenvalue weighted by Gasteiger charge is 2.20. The maximum atomic E-state index is 2.39. The Hall–Kier alpha value is -1.56. The predicted octanol–water partition coefficient (Wildman–Crippen LogP) is 6.57. The van der Waals surface area contributed by atoms with Crippen molar-refractivity contribution >= 4 is 0 Å². The average Bonchev–Trinajstić information content (AvgIpc) is 3.36. The maximum Gasteiger partial charge on any atom is -0.00230 e. The van der Waals surface area contributed by atoms with Crippen LogP contribution in [0.2, 0.25) is 0 Å². The van der Waals surface area contributed by atoms with Crippen LogP contribution in [0, 0.1) is 26.7 Å². The fourth-order valence-corrected chi connectivity index (χ4v) is 3.18. The minimum Gasteiger partial charge on any atom is -0.0683 e. The lowest BCUT2D eigenvalue weighted by Gasteiger charge is -2.11. The van der Waals surface area contributed by atoms with E-state index in [0.717, 1.165) is 12.3 Å². The van der Waals surface area contributed by atoms with Gasteiger partial charge in [0.15, 0.2) is 0 Å². The molecule has 0 bridgehead atoms. The Morgan fingerprint density at radius 3 is 2.09 bits per heavy atom. The molecule has 3 rings (SSSR count). The van der Waals surface area contributed by atoms with Crippen LogP contribution in [-0.4, -0.2) is 0 Å². The lowest BCUT2D eigenvalue weighted by molar-refractivity contribution is 0.724. The van der Waals surface area contributed by atoms with E-state index in [9.17, 15) is 0 Å². The summed E-state index contributed by atoms with van der Waals surface area (Å²) in [5, 5.41) is 0. The Labute approximate surface area is 143 Å². The maximum absolute atomic E-state index is 2.39. The topological polar surface area (TPSA) is 0 Å². The Balaban J connectivity index is 0.000000924. The van der Waals surface area contributed by atoms with Crippen LogP contribution in [0.25, 0.3) is 0 Å². The molecule has 124 valence electrons. The van der Waals surface area contributed by atoms with Crippen LogP contribution in [0.5, 0.6) is 0 Å². The summed E-state index contributed by atoms with van der Waals surface area (Å²) in [6.45, 7) is 10.7. The predicted molar refractivity (Wildman–Crippen MR) is 102 cm³/mol. The molecular weight excluding hydrogens is 276 g/mol. The third-order valence-electron chi connectivity index (χ3n) is 4.82. The van der Waals surface area contributed by atoms with Crippen molar-refractivity contribution in [2.24, 2.45) is 5.92 Å². The molecule has 0 saturated heterocycles. The van der Waals surface area contributed by atoms with Gasteiger partial charge >= 0.3 is 0 Å². The summed E-state index contributed by atoms with van der Waals surface area (Å²) in [6.07, 6.45) is 6.63. The van der Waals surface area contributed by atoms with Gasteiger partial charge in [-0.1, -0.05) is 68.7 Å². The van der Waals surface area contributed by atoms with Gasteiger partial charge in [-0.15, -0.1) is 0 Å². The van der Waals surface area contributed by atoms with Gasteiger partial charge in [-0.25, -0.2) is 0 Å². The van der Waals surface area contributed by atoms with Crippen LogP contribution < -0.4 is 0 Å². The Bertz CT molecular complexity index is 632. The van der Waals surface area contributed by atoms with Gasteiger partial charge in [0.25, 0.3) is 0 Å². The third-order valence-corrected chi connectivity index (χ3v) is 4.82. The van der Waals surface area contributed by atoms with Crippen LogP contribution in [0.4, 0.5) is 0 Å². The lowest BCUT2D eigenvalue weighted by Crippen LogP contribution is -1.96. The van der Waals surface area contributed by atoms with Gasteiger partial charge in [-0.3, -0.25) is 0 Å². The molecule has 1 saturated carbocycles. The molecule has 0 radical (unpaired) electrons. The van der Waals surface area contributed by atoms with E-state index in [1.807, 2.05) is 13.8 Å². The third kappa shape index (κ3) is 5.23. The first kappa shape index (κ1) is 17.8. The van der Waals surface area contributed by atoms with Crippen molar-refractivity contribution < 1.29 is 0 Å². The van der Waals surface area contributed by atoms with Crippen molar-refractivity contribution in [1.82, 2.24) is 0 Å². The summed E-state index contributed by atoms with van der Waals surface area (Å²) >= 11 is 0. The van der Waals surface area contributed by atoms with Crippen LogP contribution in [-0.2, 0) is 12.8 Å². The zero-order valence-corrected chi connectivity index (χ0v) is 15.6. The van der Waals surface area contributed by atoms with E-state index in [4.69, 9.17) is 0 Å². The molecule has 2 aromatic carbocycles. The summed E-state index contributed by atoms with van der Waals surface area (Å²) in [5.74, 6) is 1.03. The van der Waals surface area contributed by atoms with E-state index in [0.29, 0.717) is 0 Å². The van der Waals surface area contributed by atoms with Crippen LogP contribution in [0.1, 0.15) is 66.5 Å². The molecule has 1 aliphatic rings. The Kier molecular flexibility index (Phi) is 6.45. The van der Waals surface area contributed by atoms with Gasteiger partial charge in [0, 0.05) is 0 Å². The molecule has 0 nitrogen and oxygen atoms in total. The zero-order valence-electron chi connectivity index (χ0n) is 15.6. The minimum absolute atomic E-state index is 1.03. The number of aryl methyl sites for hydroxylation is 4. The molecule has 0 aliphatic heterocycles. The van der Waals surface area contributed by atoms with E-state index < -0.39 is 0 Å². The van der Waals surface area contributed by atoms with Crippen LogP contribution in [0.15, 0.2) is 36.4 Å². The van der Waals surface area contributed by atoms with Gasteiger partial charge in [-0.05, 0) is 73.8 Å². The molecule has 0 heteroatoms. The number of benzene rings is 2. The molecule has 1 fully saturated rings. The van der Waals surface area contributed by atoms with E-state index >= 15 is 0 Å². The van der Waals surface area contributed by atoms with Gasteiger partial charge in [0.2, 0.25) is 0 Å². The standard InChI is InChI=1S/C21H26.C2H6/c1-15-4-9-21(16(2)12-15)14-19-8-11-20(17(3)13-19)10-7-18-5-6-18;1-2/h4,8-9,11-13,18H,5-7,10,14H2,1-3H3;1-2H3. The molecule has 0 unspecified atom stereocenters. The molecule has 0 atom stereocenters. The molecule has 1 aliphatic carbocycles. The van der Waals surface area contributed by atoms with Crippen molar-refractivity contribution in [3.8, 4) is 0 Å². The first-order valence-corrected chi connectivity index (χ1v) is 9.26. The van der Waals surface area contributed by atoms with E-state index in [2.05, 4.69) is 57.2 Å². The largest absolute Gasteiger partial charge is 0.0683 e. The van der Waals surface area contributed by atoms with Crippen molar-refractivity contribution in [1.29, 1.82) is 0 Å². The van der Waals surface area contributed by atoms with E-state index in [1.165, 1.54) is 53.5 Å². The highest BCUT2D eigenvalue weighted by Crippen LogP contribution is 2.34. The van der Waals surface area contributed by atoms with Crippen molar-refractivity contribution in [2.75, 3.05) is 0 Å². The summed E-state index contributed by atoms with van der Waals surface area (Å²) in [5.41, 5.74) is 8.66. The first-order chi connectivity index (χ1) is 11.1. The summed E-state index contributed by atoms with van der Waals surface area (Å²) in [4.78, 5) is 0. The second-order valence-electron chi connectivity index (χ2n) is 6.85. The highest BCUT2D eigenvalue weighted by atomic mass is 14.3. The van der Waals surface area contributed by atoms with Gasteiger partial charge in [-0.2, -0.15) is 0 Å². The molecule has 0 spiro atoms. The highest BCUT2D eigenvalue weighted by molar-refractivity contribution is 5.38. The normalized spacial score (nSPS) is 13.4. The fraction of sp³-hybridized carbons (Fsp3) is 0.478. The molecule has 2 aromatic rings. The van der Waals surface area contributed by atoms with Crippen molar-refractivity contribution in [3.05, 3.63) is 69.8 Å². The monoisotopic (exact) mass is 308 g/mol.